The SMILES string of the molecule is Cl.O=C(O)C1CNC2(CCC2)C1. The molecule has 4 heteroatoms. The highest BCUT2D eigenvalue weighted by Gasteiger charge is 2.45. The third kappa shape index (κ3) is 1.43. The van der Waals surface area contributed by atoms with E-state index >= 15 is 0 Å². The fourth-order valence-corrected chi connectivity index (χ4v) is 2.11. The quantitative estimate of drug-likeness (QED) is 0.651. The van der Waals surface area contributed by atoms with Crippen LogP contribution >= 0.6 is 12.4 Å². The second kappa shape index (κ2) is 3.23. The van der Waals surface area contributed by atoms with E-state index in [4.69, 9.17) is 5.11 Å². The van der Waals surface area contributed by atoms with Gasteiger partial charge in [-0.2, -0.15) is 0 Å². The molecule has 1 spiro atoms. The van der Waals surface area contributed by atoms with Gasteiger partial charge in [0.2, 0.25) is 0 Å². The monoisotopic (exact) mass is 191 g/mol. The van der Waals surface area contributed by atoms with E-state index in [1.807, 2.05) is 0 Å². The first-order valence-electron chi connectivity index (χ1n) is 4.20. The smallest absolute Gasteiger partial charge is 0.307 e. The van der Waals surface area contributed by atoms with Crippen LogP contribution < -0.4 is 5.32 Å². The Morgan fingerprint density at radius 1 is 1.50 bits per heavy atom. The van der Waals surface area contributed by atoms with Crippen LogP contribution in [0.2, 0.25) is 0 Å². The Hall–Kier alpha value is -0.280. The van der Waals surface area contributed by atoms with Crippen LogP contribution in [0.1, 0.15) is 25.7 Å². The molecular weight excluding hydrogens is 178 g/mol. The van der Waals surface area contributed by atoms with Gasteiger partial charge in [0.25, 0.3) is 0 Å². The zero-order valence-electron chi connectivity index (χ0n) is 6.88. The molecule has 1 saturated heterocycles. The average molecular weight is 192 g/mol. The number of carbonyl (C=O) groups is 1. The van der Waals surface area contributed by atoms with Gasteiger partial charge in [-0.25, -0.2) is 0 Å². The number of rotatable bonds is 1. The number of halogens is 1. The molecular formula is C8H14ClNO2. The number of hydrogen-bond acceptors (Lipinski definition) is 2. The molecule has 1 aliphatic carbocycles. The summed E-state index contributed by atoms with van der Waals surface area (Å²) in [6.07, 6.45) is 4.47. The number of hydrogen-bond donors (Lipinski definition) is 2. The Labute approximate surface area is 77.9 Å². The lowest BCUT2D eigenvalue weighted by Crippen LogP contribution is -2.45. The van der Waals surface area contributed by atoms with E-state index in [0.717, 1.165) is 6.42 Å². The standard InChI is InChI=1S/C8H13NO2.ClH/c10-7(11)6-4-8(9-5-6)2-1-3-8;/h6,9H,1-5H2,(H,10,11);1H. The average Bonchev–Trinajstić information content (AvgIpc) is 2.28. The van der Waals surface area contributed by atoms with Crippen LogP contribution in [0.5, 0.6) is 0 Å². The predicted molar refractivity (Wildman–Crippen MR) is 47.6 cm³/mol. The molecule has 1 unspecified atom stereocenters. The van der Waals surface area contributed by atoms with E-state index in [1.165, 1.54) is 19.3 Å². The molecule has 70 valence electrons. The molecule has 2 aliphatic rings. The zero-order valence-corrected chi connectivity index (χ0v) is 7.69. The van der Waals surface area contributed by atoms with Gasteiger partial charge < -0.3 is 10.4 Å². The molecule has 1 atom stereocenters. The molecule has 1 aliphatic heterocycles. The molecule has 1 saturated carbocycles. The number of carboxylic acid groups (broad SMARTS) is 1. The first-order valence-corrected chi connectivity index (χ1v) is 4.20. The van der Waals surface area contributed by atoms with Crippen LogP contribution in [0.15, 0.2) is 0 Å². The Morgan fingerprint density at radius 2 is 2.17 bits per heavy atom. The molecule has 0 amide bonds. The van der Waals surface area contributed by atoms with Gasteiger partial charge in [0, 0.05) is 12.1 Å². The highest BCUT2D eigenvalue weighted by molar-refractivity contribution is 5.85. The summed E-state index contributed by atoms with van der Waals surface area (Å²) in [6, 6.07) is 0. The molecule has 2 N–H and O–H groups in total. The summed E-state index contributed by atoms with van der Waals surface area (Å²) >= 11 is 0. The van der Waals surface area contributed by atoms with Crippen molar-refractivity contribution in [2.24, 2.45) is 5.92 Å². The summed E-state index contributed by atoms with van der Waals surface area (Å²) in [5.74, 6) is -0.767. The highest BCUT2D eigenvalue weighted by Crippen LogP contribution is 2.40. The summed E-state index contributed by atoms with van der Waals surface area (Å²) in [5, 5.41) is 12.0. The lowest BCUT2D eigenvalue weighted by atomic mass is 9.74. The van der Waals surface area contributed by atoms with Crippen LogP contribution in [0, 0.1) is 5.92 Å². The molecule has 0 bridgehead atoms. The van der Waals surface area contributed by atoms with E-state index < -0.39 is 5.97 Å². The van der Waals surface area contributed by atoms with Gasteiger partial charge in [-0.1, -0.05) is 0 Å². The Balaban J connectivity index is 0.000000720. The van der Waals surface area contributed by atoms with Gasteiger partial charge in [0.1, 0.15) is 0 Å². The molecule has 2 fully saturated rings. The van der Waals surface area contributed by atoms with Crippen LogP contribution in [-0.4, -0.2) is 23.2 Å². The summed E-state index contributed by atoms with van der Waals surface area (Å²) in [7, 11) is 0. The minimum Gasteiger partial charge on any atom is -0.481 e. The van der Waals surface area contributed by atoms with E-state index in [9.17, 15) is 4.79 Å². The largest absolute Gasteiger partial charge is 0.481 e. The first-order chi connectivity index (χ1) is 5.22. The van der Waals surface area contributed by atoms with E-state index in [-0.39, 0.29) is 23.9 Å². The second-order valence-corrected chi connectivity index (χ2v) is 3.75. The van der Waals surface area contributed by atoms with Crippen molar-refractivity contribution in [2.45, 2.75) is 31.2 Å². The molecule has 0 radical (unpaired) electrons. The van der Waals surface area contributed by atoms with Crippen molar-refractivity contribution < 1.29 is 9.90 Å². The molecule has 12 heavy (non-hydrogen) atoms. The maximum Gasteiger partial charge on any atom is 0.307 e. The Bertz CT molecular complexity index is 191. The molecule has 3 nitrogen and oxygen atoms in total. The topological polar surface area (TPSA) is 49.3 Å². The fourth-order valence-electron chi connectivity index (χ4n) is 2.11. The van der Waals surface area contributed by atoms with Crippen LogP contribution in [0.25, 0.3) is 0 Å². The maximum atomic E-state index is 10.6. The number of carboxylic acids is 1. The molecule has 0 aromatic heterocycles. The molecule has 0 aromatic carbocycles. The minimum absolute atomic E-state index is 0. The summed E-state index contributed by atoms with van der Waals surface area (Å²) in [4.78, 5) is 10.6. The highest BCUT2D eigenvalue weighted by atomic mass is 35.5. The number of aliphatic carboxylic acids is 1. The van der Waals surface area contributed by atoms with Gasteiger partial charge in [-0.05, 0) is 25.7 Å². The molecule has 1 heterocycles. The van der Waals surface area contributed by atoms with Crippen molar-refractivity contribution in [2.75, 3.05) is 6.54 Å². The summed E-state index contributed by atoms with van der Waals surface area (Å²) in [5.41, 5.74) is 0.239. The van der Waals surface area contributed by atoms with Crippen molar-refractivity contribution in [1.82, 2.24) is 5.32 Å². The Morgan fingerprint density at radius 3 is 2.42 bits per heavy atom. The van der Waals surface area contributed by atoms with E-state index in [0.29, 0.717) is 6.54 Å². The summed E-state index contributed by atoms with van der Waals surface area (Å²) in [6.45, 7) is 0.676. The Kier molecular flexibility index (Phi) is 2.64. The molecule has 2 rings (SSSR count). The van der Waals surface area contributed by atoms with Crippen molar-refractivity contribution in [3.63, 3.8) is 0 Å². The zero-order chi connectivity index (χ0) is 7.90. The molecule has 0 aromatic rings. The van der Waals surface area contributed by atoms with Crippen LogP contribution in [0.4, 0.5) is 0 Å². The van der Waals surface area contributed by atoms with Crippen molar-refractivity contribution in [3.8, 4) is 0 Å². The van der Waals surface area contributed by atoms with Crippen LogP contribution in [-0.2, 0) is 4.79 Å². The van der Waals surface area contributed by atoms with Gasteiger partial charge in [-0.15, -0.1) is 12.4 Å². The van der Waals surface area contributed by atoms with Gasteiger partial charge in [-0.3, -0.25) is 4.79 Å². The van der Waals surface area contributed by atoms with Crippen molar-refractivity contribution in [1.29, 1.82) is 0 Å². The normalized spacial score (nSPS) is 30.8. The van der Waals surface area contributed by atoms with Crippen molar-refractivity contribution >= 4 is 18.4 Å². The fraction of sp³-hybridized carbons (Fsp3) is 0.875. The van der Waals surface area contributed by atoms with Crippen molar-refractivity contribution in [3.05, 3.63) is 0 Å². The minimum atomic E-state index is -0.638. The van der Waals surface area contributed by atoms with Gasteiger partial charge in [0.15, 0.2) is 0 Å². The van der Waals surface area contributed by atoms with Gasteiger partial charge in [0.05, 0.1) is 5.92 Å². The van der Waals surface area contributed by atoms with E-state index in [2.05, 4.69) is 5.32 Å². The van der Waals surface area contributed by atoms with Gasteiger partial charge >= 0.3 is 5.97 Å². The maximum absolute atomic E-state index is 10.6. The lowest BCUT2D eigenvalue weighted by Gasteiger charge is -2.38. The number of nitrogens with one attached hydrogen (secondary N) is 1. The second-order valence-electron chi connectivity index (χ2n) is 3.75. The summed E-state index contributed by atoms with van der Waals surface area (Å²) < 4.78 is 0. The lowest BCUT2D eigenvalue weighted by molar-refractivity contribution is -0.141. The predicted octanol–water partition coefficient (Wildman–Crippen LogP) is 1.03. The van der Waals surface area contributed by atoms with Crippen LogP contribution in [0.3, 0.4) is 0 Å². The van der Waals surface area contributed by atoms with E-state index in [1.54, 1.807) is 0 Å². The third-order valence-electron chi connectivity index (χ3n) is 3.02. The first kappa shape index (κ1) is 9.81. The third-order valence-corrected chi connectivity index (χ3v) is 3.02.